The van der Waals surface area contributed by atoms with Crippen LogP contribution in [-0.2, 0) is 9.47 Å². The Bertz CT molecular complexity index is 101. The van der Waals surface area contributed by atoms with Crippen LogP contribution >= 0.6 is 0 Å². The molecule has 0 N–H and O–H groups in total. The quantitative estimate of drug-likeness (QED) is 0.389. The molecule has 0 aromatic heterocycles. The summed E-state index contributed by atoms with van der Waals surface area (Å²) in [5.41, 5.74) is 0. The van der Waals surface area contributed by atoms with Crippen LogP contribution in [0, 0.1) is 0 Å². The van der Waals surface area contributed by atoms with Gasteiger partial charge in [0.2, 0.25) is 0 Å². The smallest absolute Gasteiger partial charge is 0.447 e. The van der Waals surface area contributed by atoms with Crippen molar-refractivity contribution in [3.63, 3.8) is 0 Å². The van der Waals surface area contributed by atoms with E-state index < -0.39 is 13.5 Å². The Morgan fingerprint density at radius 1 is 1.17 bits per heavy atom. The Labute approximate surface area is 113 Å². The van der Waals surface area contributed by atoms with Crippen molar-refractivity contribution in [3.8, 4) is 0 Å². The van der Waals surface area contributed by atoms with E-state index in [1.165, 1.54) is 7.11 Å². The maximum atomic E-state index is 11.5. The van der Waals surface area contributed by atoms with Gasteiger partial charge in [0.15, 0.2) is 0 Å². The van der Waals surface area contributed by atoms with Gasteiger partial charge < -0.3 is 22.4 Å². The molecule has 0 aromatic rings. The monoisotopic (exact) mass is 210 g/mol. The molecule has 2 nitrogen and oxygen atoms in total. The van der Waals surface area contributed by atoms with Crippen molar-refractivity contribution in [2.45, 2.75) is 6.42 Å². The molecule has 0 atom stereocenters. The first kappa shape index (κ1) is 15.9. The molecule has 12 heavy (non-hydrogen) atoms. The molecule has 0 saturated heterocycles. The fourth-order valence-electron chi connectivity index (χ4n) is 0.522. The summed E-state index contributed by atoms with van der Waals surface area (Å²) in [4.78, 5) is 0. The minimum atomic E-state index is -4.78. The minimum Gasteiger partial charge on any atom is -0.447 e. The summed E-state index contributed by atoms with van der Waals surface area (Å²) in [5, 5.41) is 0. The number of ether oxygens (including phenoxy) is 2. The van der Waals surface area contributed by atoms with Crippen LogP contribution in [0.2, 0.25) is 0 Å². The van der Waals surface area contributed by atoms with E-state index in [0.717, 1.165) is 0 Å². The van der Waals surface area contributed by atoms with Gasteiger partial charge >= 0.3 is 58.4 Å². The molecule has 0 heterocycles. The molecule has 0 radical (unpaired) electrons. The number of methoxy groups -OCH3 is 1. The van der Waals surface area contributed by atoms with E-state index in [1.807, 2.05) is 0 Å². The molecule has 0 aromatic carbocycles. The zero-order chi connectivity index (χ0) is 8.74. The van der Waals surface area contributed by atoms with Gasteiger partial charge in [0, 0.05) is 26.8 Å². The molecule has 0 spiro atoms. The molecule has 0 amide bonds. The van der Waals surface area contributed by atoms with Crippen LogP contribution in [0.25, 0.3) is 0 Å². The number of hydrogen-bond donors (Lipinski definition) is 0. The van der Waals surface area contributed by atoms with Crippen molar-refractivity contribution < 1.29 is 73.8 Å². The topological polar surface area (TPSA) is 18.5 Å². The van der Waals surface area contributed by atoms with Crippen molar-refractivity contribution >= 4 is 6.98 Å². The van der Waals surface area contributed by atoms with Gasteiger partial charge in [-0.2, -0.15) is 0 Å². The summed E-state index contributed by atoms with van der Waals surface area (Å²) in [6, 6.07) is 0. The van der Waals surface area contributed by atoms with Crippen LogP contribution in [0.1, 0.15) is 6.42 Å². The molecule has 0 aliphatic rings. The summed E-state index contributed by atoms with van der Waals surface area (Å²) >= 11 is 0. The Morgan fingerprint density at radius 3 is 2.17 bits per heavy atom. The molecule has 0 bridgehead atoms. The van der Waals surface area contributed by atoms with E-state index in [0.29, 0.717) is 13.0 Å². The van der Waals surface area contributed by atoms with Gasteiger partial charge in [-0.15, -0.1) is 0 Å². The summed E-state index contributed by atoms with van der Waals surface area (Å²) in [6.07, 6.45) is 0.503. The van der Waals surface area contributed by atoms with Gasteiger partial charge in [0.05, 0.1) is 0 Å². The first-order chi connectivity index (χ1) is 5.06. The van der Waals surface area contributed by atoms with Gasteiger partial charge in [-0.25, -0.2) is 0 Å². The predicted octanol–water partition coefficient (Wildman–Crippen LogP) is -1.57. The van der Waals surface area contributed by atoms with E-state index in [1.54, 1.807) is 0 Å². The van der Waals surface area contributed by atoms with Crippen LogP contribution in [0.3, 0.4) is 0 Å². The second kappa shape index (κ2) is 8.99. The summed E-state index contributed by atoms with van der Waals surface area (Å²) in [7, 11) is 1.49. The fraction of sp³-hybridized carbons (Fsp3) is 1.00. The maximum absolute atomic E-state index is 11.5. The summed E-state index contributed by atoms with van der Waals surface area (Å²) < 4.78 is 43.4. The molecule has 0 fully saturated rings. The van der Waals surface area contributed by atoms with E-state index in [-0.39, 0.29) is 58.0 Å². The van der Waals surface area contributed by atoms with Crippen molar-refractivity contribution in [1.82, 2.24) is 0 Å². The van der Waals surface area contributed by atoms with Gasteiger partial charge in [-0.3, -0.25) is 0 Å². The third-order valence-electron chi connectivity index (χ3n) is 0.944. The molecule has 68 valence electrons. The Balaban J connectivity index is 0. The van der Waals surface area contributed by atoms with Gasteiger partial charge in [-0.05, 0) is 6.42 Å². The average molecular weight is 210 g/mol. The van der Waals surface area contributed by atoms with Gasteiger partial charge in [0.25, 0.3) is 0 Å². The Morgan fingerprint density at radius 2 is 1.75 bits per heavy atom. The predicted molar refractivity (Wildman–Crippen MR) is 36.4 cm³/mol. The number of hydrogen-bond acceptors (Lipinski definition) is 2. The average Bonchev–Trinajstić information content (AvgIpc) is 1.85. The first-order valence-corrected chi connectivity index (χ1v) is 3.34. The SMILES string of the molecule is COCCCOC[B-](F)(F)F.[K+]. The van der Waals surface area contributed by atoms with Crippen LogP contribution in [0.5, 0.6) is 0 Å². The largest absolute Gasteiger partial charge is 1.00 e. The third-order valence-corrected chi connectivity index (χ3v) is 0.944. The number of halogens is 3. The zero-order valence-electron chi connectivity index (χ0n) is 7.36. The van der Waals surface area contributed by atoms with E-state index in [9.17, 15) is 12.9 Å². The fourth-order valence-corrected chi connectivity index (χ4v) is 0.522. The molecular weight excluding hydrogens is 199 g/mol. The van der Waals surface area contributed by atoms with Crippen molar-refractivity contribution in [2.75, 3.05) is 26.8 Å². The molecule has 0 aliphatic heterocycles. The van der Waals surface area contributed by atoms with Crippen molar-refractivity contribution in [3.05, 3.63) is 0 Å². The van der Waals surface area contributed by atoms with E-state index >= 15 is 0 Å². The standard InChI is InChI=1S/C5H11BF3O2.K/c1-10-3-2-4-11-5-6(7,8)9;/h2-5H2,1H3;/q-1;+1. The normalized spacial score (nSPS) is 11.0. The third kappa shape index (κ3) is 14.0. The van der Waals surface area contributed by atoms with Crippen LogP contribution < -0.4 is 51.4 Å². The van der Waals surface area contributed by atoms with Crippen molar-refractivity contribution in [2.24, 2.45) is 0 Å². The Hall–Kier alpha value is 1.41. The molecular formula is C5H11BF3KO2. The van der Waals surface area contributed by atoms with Crippen LogP contribution in [0.4, 0.5) is 12.9 Å². The minimum absolute atomic E-state index is 0. The zero-order valence-corrected chi connectivity index (χ0v) is 10.5. The number of rotatable bonds is 6. The van der Waals surface area contributed by atoms with Crippen LogP contribution in [0.15, 0.2) is 0 Å². The van der Waals surface area contributed by atoms with Crippen molar-refractivity contribution in [1.29, 1.82) is 0 Å². The van der Waals surface area contributed by atoms with Gasteiger partial charge in [0.1, 0.15) is 0 Å². The first-order valence-electron chi connectivity index (χ1n) is 3.34. The molecule has 0 saturated carbocycles. The molecule has 7 heteroatoms. The molecule has 0 rings (SSSR count). The molecule has 0 unspecified atom stereocenters. The summed E-state index contributed by atoms with van der Waals surface area (Å²) in [6.45, 7) is -5.35. The Kier molecular flexibility index (Phi) is 11.9. The summed E-state index contributed by atoms with van der Waals surface area (Å²) in [5.74, 6) is 0. The van der Waals surface area contributed by atoms with Crippen LogP contribution in [-0.4, -0.2) is 33.8 Å². The van der Waals surface area contributed by atoms with Gasteiger partial charge in [-0.1, -0.05) is 0 Å². The molecule has 0 aliphatic carbocycles. The second-order valence-electron chi connectivity index (χ2n) is 2.13. The van der Waals surface area contributed by atoms with E-state index in [2.05, 4.69) is 9.47 Å². The maximum Gasteiger partial charge on any atom is 1.00 e. The second-order valence-corrected chi connectivity index (χ2v) is 2.13. The van der Waals surface area contributed by atoms with E-state index in [4.69, 9.17) is 0 Å².